The summed E-state index contributed by atoms with van der Waals surface area (Å²) in [6.07, 6.45) is 3.43. The summed E-state index contributed by atoms with van der Waals surface area (Å²) < 4.78 is 0. The fourth-order valence-corrected chi connectivity index (χ4v) is 3.87. The molecule has 2 aromatic carbocycles. The van der Waals surface area contributed by atoms with Gasteiger partial charge in [-0.15, -0.1) is 0 Å². The fourth-order valence-electron chi connectivity index (χ4n) is 3.87. The highest BCUT2D eigenvalue weighted by Gasteiger charge is 2.22. The molecule has 29 heavy (non-hydrogen) atoms. The molecule has 1 N–H and O–H groups in total. The second-order valence-corrected chi connectivity index (χ2v) is 7.60. The second kappa shape index (κ2) is 8.74. The molecule has 4 rings (SSSR count). The van der Waals surface area contributed by atoms with Crippen molar-refractivity contribution in [2.24, 2.45) is 5.92 Å². The number of para-hydroxylation sites is 1. The molecule has 0 amide bonds. The van der Waals surface area contributed by atoms with Crippen LogP contribution in [0.3, 0.4) is 0 Å². The molecule has 0 bridgehead atoms. The number of benzene rings is 2. The molecule has 0 unspecified atom stereocenters. The van der Waals surface area contributed by atoms with E-state index < -0.39 is 0 Å². The summed E-state index contributed by atoms with van der Waals surface area (Å²) in [6.45, 7) is 3.92. The molecular formula is C24H25N5. The highest BCUT2D eigenvalue weighted by Crippen LogP contribution is 2.26. The Morgan fingerprint density at radius 1 is 1.03 bits per heavy atom. The van der Waals surface area contributed by atoms with Gasteiger partial charge in [0.05, 0.1) is 11.3 Å². The zero-order valence-electron chi connectivity index (χ0n) is 16.7. The number of piperidine rings is 1. The second-order valence-electron chi connectivity index (χ2n) is 7.60. The van der Waals surface area contributed by atoms with Crippen molar-refractivity contribution >= 4 is 17.5 Å². The highest BCUT2D eigenvalue weighted by molar-refractivity contribution is 5.65. The Kier molecular flexibility index (Phi) is 5.71. The minimum Gasteiger partial charge on any atom is -0.341 e. The van der Waals surface area contributed by atoms with Gasteiger partial charge in [-0.3, -0.25) is 0 Å². The van der Waals surface area contributed by atoms with Gasteiger partial charge >= 0.3 is 0 Å². The zero-order chi connectivity index (χ0) is 20.1. The van der Waals surface area contributed by atoms with Crippen LogP contribution in [0, 0.1) is 24.2 Å². The molecule has 1 saturated heterocycles. The maximum atomic E-state index is 9.31. The third-order valence-electron chi connectivity index (χ3n) is 5.42. The lowest BCUT2D eigenvalue weighted by atomic mass is 9.90. The first kappa shape index (κ1) is 18.9. The number of hydrogen-bond donors (Lipinski definition) is 1. The van der Waals surface area contributed by atoms with Crippen LogP contribution < -0.4 is 10.2 Å². The number of nitrogens with one attached hydrogen (secondary N) is 1. The minimum atomic E-state index is 0.604. The average molecular weight is 383 g/mol. The van der Waals surface area contributed by atoms with Crippen molar-refractivity contribution in [2.75, 3.05) is 23.3 Å². The topological polar surface area (TPSA) is 64.8 Å². The van der Waals surface area contributed by atoms with Crippen LogP contribution >= 0.6 is 0 Å². The molecule has 1 aromatic heterocycles. The molecule has 1 fully saturated rings. The number of nitriles is 1. The number of aromatic nitrogens is 2. The molecule has 0 radical (unpaired) electrons. The zero-order valence-corrected chi connectivity index (χ0v) is 16.7. The SMILES string of the molecule is Cc1cc(Nc2ccccc2C#N)nc(N2CCC(Cc3ccccc3)CC2)n1. The summed E-state index contributed by atoms with van der Waals surface area (Å²) in [5.41, 5.74) is 3.70. The quantitative estimate of drug-likeness (QED) is 0.682. The van der Waals surface area contributed by atoms with Crippen molar-refractivity contribution in [3.63, 3.8) is 0 Å². The summed E-state index contributed by atoms with van der Waals surface area (Å²) in [6, 6.07) is 22.3. The monoisotopic (exact) mass is 383 g/mol. The van der Waals surface area contributed by atoms with Crippen LogP contribution in [0.15, 0.2) is 60.7 Å². The number of aryl methyl sites for hydroxylation is 1. The summed E-state index contributed by atoms with van der Waals surface area (Å²) in [5.74, 6) is 2.19. The van der Waals surface area contributed by atoms with Gasteiger partial charge in [0.25, 0.3) is 0 Å². The number of rotatable bonds is 5. The van der Waals surface area contributed by atoms with Gasteiger partial charge in [-0.25, -0.2) is 4.98 Å². The molecule has 0 spiro atoms. The van der Waals surface area contributed by atoms with E-state index in [9.17, 15) is 5.26 Å². The molecule has 0 atom stereocenters. The fraction of sp³-hybridized carbons (Fsp3) is 0.292. The Morgan fingerprint density at radius 2 is 1.76 bits per heavy atom. The highest BCUT2D eigenvalue weighted by atomic mass is 15.3. The summed E-state index contributed by atoms with van der Waals surface area (Å²) >= 11 is 0. The lowest BCUT2D eigenvalue weighted by Crippen LogP contribution is -2.35. The molecule has 0 aliphatic carbocycles. The predicted octanol–water partition coefficient (Wildman–Crippen LogP) is 4.86. The normalized spacial score (nSPS) is 14.4. The van der Waals surface area contributed by atoms with E-state index in [0.717, 1.165) is 55.5 Å². The lowest BCUT2D eigenvalue weighted by molar-refractivity contribution is 0.400. The molecule has 5 heteroatoms. The third kappa shape index (κ3) is 4.72. The molecule has 146 valence electrons. The van der Waals surface area contributed by atoms with Crippen LogP contribution in [0.4, 0.5) is 17.5 Å². The molecule has 3 aromatic rings. The third-order valence-corrected chi connectivity index (χ3v) is 5.42. The van der Waals surface area contributed by atoms with Gasteiger partial charge in [-0.2, -0.15) is 10.2 Å². The smallest absolute Gasteiger partial charge is 0.227 e. The number of hydrogen-bond acceptors (Lipinski definition) is 5. The van der Waals surface area contributed by atoms with Crippen LogP contribution in [-0.2, 0) is 6.42 Å². The Morgan fingerprint density at radius 3 is 2.52 bits per heavy atom. The molecule has 0 saturated carbocycles. The molecular weight excluding hydrogens is 358 g/mol. The summed E-state index contributed by atoms with van der Waals surface area (Å²) in [7, 11) is 0. The van der Waals surface area contributed by atoms with Crippen LogP contribution in [0.1, 0.15) is 29.7 Å². The first-order chi connectivity index (χ1) is 14.2. The van der Waals surface area contributed by atoms with Crippen molar-refractivity contribution < 1.29 is 0 Å². The van der Waals surface area contributed by atoms with E-state index in [1.165, 1.54) is 5.56 Å². The summed E-state index contributed by atoms with van der Waals surface area (Å²) in [5, 5.41) is 12.6. The van der Waals surface area contributed by atoms with E-state index >= 15 is 0 Å². The standard InChI is InChI=1S/C24H25N5/c1-18-15-23(27-22-10-6-5-9-21(22)17-25)28-24(26-18)29-13-11-20(12-14-29)16-19-7-3-2-4-8-19/h2-10,15,20H,11-14,16H2,1H3,(H,26,27,28). The Hall–Kier alpha value is -3.39. The maximum Gasteiger partial charge on any atom is 0.227 e. The Labute approximate surface area is 172 Å². The summed E-state index contributed by atoms with van der Waals surface area (Å²) in [4.78, 5) is 11.7. The van der Waals surface area contributed by atoms with Crippen molar-refractivity contribution in [3.05, 3.63) is 77.5 Å². The molecule has 1 aliphatic rings. The average Bonchev–Trinajstić information content (AvgIpc) is 2.75. The molecule has 1 aliphatic heterocycles. The van der Waals surface area contributed by atoms with Crippen LogP contribution in [0.5, 0.6) is 0 Å². The van der Waals surface area contributed by atoms with Gasteiger partial charge in [0.2, 0.25) is 5.95 Å². The predicted molar refractivity (Wildman–Crippen MR) is 116 cm³/mol. The first-order valence-corrected chi connectivity index (χ1v) is 10.1. The number of nitrogens with zero attached hydrogens (tertiary/aromatic N) is 4. The van der Waals surface area contributed by atoms with E-state index in [1.54, 1.807) is 6.07 Å². The molecule has 5 nitrogen and oxygen atoms in total. The van der Waals surface area contributed by atoms with E-state index in [1.807, 2.05) is 31.2 Å². The van der Waals surface area contributed by atoms with E-state index in [4.69, 9.17) is 4.98 Å². The molecule has 2 heterocycles. The first-order valence-electron chi connectivity index (χ1n) is 10.1. The van der Waals surface area contributed by atoms with Crippen LogP contribution in [-0.4, -0.2) is 23.1 Å². The van der Waals surface area contributed by atoms with Gasteiger partial charge in [0.1, 0.15) is 11.9 Å². The maximum absolute atomic E-state index is 9.31. The van der Waals surface area contributed by atoms with E-state index in [0.29, 0.717) is 11.5 Å². The van der Waals surface area contributed by atoms with Gasteiger partial charge in [0, 0.05) is 24.8 Å². The van der Waals surface area contributed by atoms with Crippen molar-refractivity contribution in [1.29, 1.82) is 5.26 Å². The van der Waals surface area contributed by atoms with Crippen molar-refractivity contribution in [3.8, 4) is 6.07 Å². The van der Waals surface area contributed by atoms with Gasteiger partial charge in [-0.05, 0) is 49.8 Å². The number of anilines is 3. The van der Waals surface area contributed by atoms with E-state index in [-0.39, 0.29) is 0 Å². The Bertz CT molecular complexity index is 1000. The van der Waals surface area contributed by atoms with E-state index in [2.05, 4.69) is 51.6 Å². The van der Waals surface area contributed by atoms with Gasteiger partial charge < -0.3 is 10.2 Å². The Balaban J connectivity index is 1.44. The van der Waals surface area contributed by atoms with Gasteiger partial charge in [0.15, 0.2) is 0 Å². The largest absolute Gasteiger partial charge is 0.341 e. The van der Waals surface area contributed by atoms with Crippen molar-refractivity contribution in [1.82, 2.24) is 9.97 Å². The van der Waals surface area contributed by atoms with Gasteiger partial charge in [-0.1, -0.05) is 42.5 Å². The van der Waals surface area contributed by atoms with Crippen LogP contribution in [0.2, 0.25) is 0 Å². The van der Waals surface area contributed by atoms with Crippen molar-refractivity contribution in [2.45, 2.75) is 26.2 Å². The minimum absolute atomic E-state index is 0.604. The van der Waals surface area contributed by atoms with Crippen LogP contribution in [0.25, 0.3) is 0 Å². The lowest BCUT2D eigenvalue weighted by Gasteiger charge is -2.32.